The summed E-state index contributed by atoms with van der Waals surface area (Å²) in [6.45, 7) is 2.54. The predicted molar refractivity (Wildman–Crippen MR) is 73.3 cm³/mol. The molecule has 7 nitrogen and oxygen atoms in total. The van der Waals surface area contributed by atoms with Crippen LogP contribution in [-0.4, -0.2) is 38.3 Å². The highest BCUT2D eigenvalue weighted by Crippen LogP contribution is 1.96. The van der Waals surface area contributed by atoms with Crippen molar-refractivity contribution in [2.24, 2.45) is 5.92 Å². The van der Waals surface area contributed by atoms with Gasteiger partial charge in [-0.3, -0.25) is 9.20 Å². The van der Waals surface area contributed by atoms with Gasteiger partial charge < -0.3 is 10.4 Å². The first-order valence-corrected chi connectivity index (χ1v) is 6.53. The number of amides is 1. The fraction of sp³-hybridized carbons (Fsp3) is 0.462. The lowest BCUT2D eigenvalue weighted by molar-refractivity contribution is -0.121. The lowest BCUT2D eigenvalue weighted by atomic mass is 10.2. The lowest BCUT2D eigenvalue weighted by Gasteiger charge is -2.09. The standard InChI is InChI=1S/C13H18N4O3/c1-10(9-18)8-14-12(19)5-7-17-13(20)16-6-3-2-4-11(16)15-17/h2-4,6,10,18H,5,7-9H2,1H3,(H,14,19). The number of fused-ring (bicyclic) bond motifs is 1. The first-order valence-electron chi connectivity index (χ1n) is 6.53. The summed E-state index contributed by atoms with van der Waals surface area (Å²) in [6.07, 6.45) is 1.83. The van der Waals surface area contributed by atoms with Crippen LogP contribution in [0.4, 0.5) is 0 Å². The zero-order valence-electron chi connectivity index (χ0n) is 11.3. The molecule has 1 unspecified atom stereocenters. The number of carbonyl (C=O) groups excluding carboxylic acids is 1. The second-order valence-corrected chi connectivity index (χ2v) is 4.78. The maximum atomic E-state index is 12.0. The molecule has 2 rings (SSSR count). The third-order valence-corrected chi connectivity index (χ3v) is 3.00. The Balaban J connectivity index is 1.94. The van der Waals surface area contributed by atoms with E-state index in [0.29, 0.717) is 12.2 Å². The van der Waals surface area contributed by atoms with Gasteiger partial charge in [0.15, 0.2) is 5.65 Å². The van der Waals surface area contributed by atoms with E-state index in [4.69, 9.17) is 5.11 Å². The SMILES string of the molecule is CC(CO)CNC(=O)CCn1nc2ccccn2c1=O. The molecular formula is C13H18N4O3. The quantitative estimate of drug-likeness (QED) is 0.754. The van der Waals surface area contributed by atoms with Crippen molar-refractivity contribution < 1.29 is 9.90 Å². The minimum Gasteiger partial charge on any atom is -0.396 e. The predicted octanol–water partition coefficient (Wildman–Crippen LogP) is -0.369. The average molecular weight is 278 g/mol. The van der Waals surface area contributed by atoms with Crippen molar-refractivity contribution in [1.29, 1.82) is 0 Å². The van der Waals surface area contributed by atoms with E-state index in [1.54, 1.807) is 24.4 Å². The highest BCUT2D eigenvalue weighted by molar-refractivity contribution is 5.75. The van der Waals surface area contributed by atoms with Crippen molar-refractivity contribution in [3.05, 3.63) is 34.9 Å². The number of aromatic nitrogens is 3. The third-order valence-electron chi connectivity index (χ3n) is 3.00. The zero-order valence-corrected chi connectivity index (χ0v) is 11.3. The Morgan fingerprint density at radius 2 is 2.30 bits per heavy atom. The Labute approximate surface area is 115 Å². The number of hydrogen-bond acceptors (Lipinski definition) is 4. The zero-order chi connectivity index (χ0) is 14.5. The number of carbonyl (C=O) groups is 1. The molecule has 0 aliphatic heterocycles. The van der Waals surface area contributed by atoms with Crippen molar-refractivity contribution in [3.63, 3.8) is 0 Å². The lowest BCUT2D eigenvalue weighted by Crippen LogP contribution is -2.31. The van der Waals surface area contributed by atoms with E-state index in [2.05, 4.69) is 10.4 Å². The average Bonchev–Trinajstić information content (AvgIpc) is 2.79. The van der Waals surface area contributed by atoms with Gasteiger partial charge in [0.1, 0.15) is 0 Å². The van der Waals surface area contributed by atoms with Crippen molar-refractivity contribution >= 4 is 11.6 Å². The maximum Gasteiger partial charge on any atom is 0.350 e. The molecule has 0 aromatic carbocycles. The third kappa shape index (κ3) is 3.24. The van der Waals surface area contributed by atoms with E-state index in [1.807, 2.05) is 6.92 Å². The molecule has 2 heterocycles. The first kappa shape index (κ1) is 14.3. The van der Waals surface area contributed by atoms with E-state index in [-0.39, 0.29) is 37.1 Å². The van der Waals surface area contributed by atoms with Gasteiger partial charge in [0.2, 0.25) is 5.91 Å². The summed E-state index contributed by atoms with van der Waals surface area (Å²) in [6, 6.07) is 5.29. The molecule has 20 heavy (non-hydrogen) atoms. The minimum atomic E-state index is -0.253. The van der Waals surface area contributed by atoms with Gasteiger partial charge in [-0.05, 0) is 18.1 Å². The molecule has 0 aliphatic rings. The molecule has 1 amide bonds. The van der Waals surface area contributed by atoms with E-state index >= 15 is 0 Å². The summed E-state index contributed by atoms with van der Waals surface area (Å²) >= 11 is 0. The van der Waals surface area contributed by atoms with E-state index in [0.717, 1.165) is 0 Å². The van der Waals surface area contributed by atoms with E-state index in [9.17, 15) is 9.59 Å². The Bertz CT molecular complexity index is 646. The van der Waals surface area contributed by atoms with Crippen molar-refractivity contribution in [2.45, 2.75) is 19.9 Å². The van der Waals surface area contributed by atoms with Crippen LogP contribution in [0.25, 0.3) is 5.65 Å². The van der Waals surface area contributed by atoms with Gasteiger partial charge in [-0.25, -0.2) is 9.48 Å². The number of aryl methyl sites for hydroxylation is 1. The Morgan fingerprint density at radius 1 is 1.50 bits per heavy atom. The van der Waals surface area contributed by atoms with Gasteiger partial charge in [-0.15, -0.1) is 5.10 Å². The molecule has 7 heteroatoms. The summed E-state index contributed by atoms with van der Waals surface area (Å²) in [5, 5.41) is 15.7. The maximum absolute atomic E-state index is 12.0. The molecule has 0 fully saturated rings. The fourth-order valence-corrected chi connectivity index (χ4v) is 1.76. The first-order chi connectivity index (χ1) is 9.61. The highest BCUT2D eigenvalue weighted by atomic mass is 16.3. The van der Waals surface area contributed by atoms with Crippen LogP contribution >= 0.6 is 0 Å². The molecule has 2 N–H and O–H groups in total. The van der Waals surface area contributed by atoms with Crippen LogP contribution < -0.4 is 11.0 Å². The van der Waals surface area contributed by atoms with Gasteiger partial charge in [-0.1, -0.05) is 13.0 Å². The molecule has 108 valence electrons. The van der Waals surface area contributed by atoms with Crippen LogP contribution in [0.1, 0.15) is 13.3 Å². The molecule has 0 aliphatic carbocycles. The van der Waals surface area contributed by atoms with Gasteiger partial charge in [0.05, 0.1) is 6.54 Å². The Morgan fingerprint density at radius 3 is 3.00 bits per heavy atom. The topological polar surface area (TPSA) is 88.6 Å². The van der Waals surface area contributed by atoms with Crippen molar-refractivity contribution in [2.75, 3.05) is 13.2 Å². The molecule has 0 spiro atoms. The number of pyridine rings is 1. The molecule has 0 radical (unpaired) electrons. The molecule has 0 saturated carbocycles. The van der Waals surface area contributed by atoms with Crippen molar-refractivity contribution in [3.8, 4) is 0 Å². The van der Waals surface area contributed by atoms with Crippen LogP contribution in [-0.2, 0) is 11.3 Å². The fourth-order valence-electron chi connectivity index (χ4n) is 1.76. The molecular weight excluding hydrogens is 260 g/mol. The number of aliphatic hydroxyl groups excluding tert-OH is 1. The van der Waals surface area contributed by atoms with Gasteiger partial charge in [0, 0.05) is 25.8 Å². The molecule has 0 bridgehead atoms. The van der Waals surface area contributed by atoms with Crippen LogP contribution in [0.5, 0.6) is 0 Å². The number of nitrogens with zero attached hydrogens (tertiary/aromatic N) is 3. The van der Waals surface area contributed by atoms with E-state index in [1.165, 1.54) is 9.08 Å². The van der Waals surface area contributed by atoms with Crippen LogP contribution in [0.15, 0.2) is 29.2 Å². The second-order valence-electron chi connectivity index (χ2n) is 4.78. The second kappa shape index (κ2) is 6.33. The monoisotopic (exact) mass is 278 g/mol. The molecule has 2 aromatic rings. The largest absolute Gasteiger partial charge is 0.396 e. The van der Waals surface area contributed by atoms with Crippen molar-refractivity contribution in [1.82, 2.24) is 19.5 Å². The summed E-state index contributed by atoms with van der Waals surface area (Å²) in [7, 11) is 0. The normalized spacial score (nSPS) is 12.5. The number of rotatable bonds is 6. The van der Waals surface area contributed by atoms with Crippen LogP contribution in [0.2, 0.25) is 0 Å². The summed E-state index contributed by atoms with van der Waals surface area (Å²) < 4.78 is 2.72. The van der Waals surface area contributed by atoms with Crippen LogP contribution in [0.3, 0.4) is 0 Å². The summed E-state index contributed by atoms with van der Waals surface area (Å²) in [5.74, 6) is -0.133. The van der Waals surface area contributed by atoms with E-state index < -0.39 is 0 Å². The Hall–Kier alpha value is -2.15. The highest BCUT2D eigenvalue weighted by Gasteiger charge is 2.09. The number of nitrogens with one attached hydrogen (secondary N) is 1. The summed E-state index contributed by atoms with van der Waals surface area (Å²) in [5.41, 5.74) is 0.309. The van der Waals surface area contributed by atoms with Gasteiger partial charge in [-0.2, -0.15) is 0 Å². The van der Waals surface area contributed by atoms with Gasteiger partial charge in [0.25, 0.3) is 0 Å². The smallest absolute Gasteiger partial charge is 0.350 e. The Kier molecular flexibility index (Phi) is 4.52. The van der Waals surface area contributed by atoms with Crippen LogP contribution in [0, 0.1) is 5.92 Å². The molecule has 2 aromatic heterocycles. The molecule has 1 atom stereocenters. The minimum absolute atomic E-state index is 0.0249. The number of hydrogen-bond donors (Lipinski definition) is 2. The summed E-state index contributed by atoms with van der Waals surface area (Å²) in [4.78, 5) is 23.6. The van der Waals surface area contributed by atoms with Gasteiger partial charge >= 0.3 is 5.69 Å². The number of aliphatic hydroxyl groups is 1. The molecule has 0 saturated heterocycles.